The number of carbonyl (C=O) groups excluding carboxylic acids is 1. The molecule has 0 aliphatic rings. The predicted octanol–water partition coefficient (Wildman–Crippen LogP) is 4.07. The monoisotopic (exact) mass is 248 g/mol. The molecular weight excluding hydrogens is 236 g/mol. The van der Waals surface area contributed by atoms with Crippen LogP contribution in [0.4, 0.5) is 17.6 Å². The Morgan fingerprint density at radius 2 is 1.94 bits per heavy atom. The van der Waals surface area contributed by atoms with Crippen molar-refractivity contribution in [2.24, 2.45) is 5.92 Å². The lowest BCUT2D eigenvalue weighted by Gasteiger charge is -2.15. The third-order valence-corrected chi connectivity index (χ3v) is 2.62. The van der Waals surface area contributed by atoms with E-state index >= 15 is 0 Å². The minimum atomic E-state index is -4.86. The molecule has 0 N–H and O–H groups in total. The maximum Gasteiger partial charge on any atom is 0.419 e. The molecule has 0 heterocycles. The van der Waals surface area contributed by atoms with Crippen LogP contribution in [-0.2, 0) is 6.18 Å². The van der Waals surface area contributed by atoms with Gasteiger partial charge in [0, 0.05) is 11.5 Å². The van der Waals surface area contributed by atoms with E-state index in [1.54, 1.807) is 6.92 Å². The van der Waals surface area contributed by atoms with Crippen LogP contribution in [0.3, 0.4) is 0 Å². The van der Waals surface area contributed by atoms with Crippen LogP contribution in [0.15, 0.2) is 18.2 Å². The largest absolute Gasteiger partial charge is 0.419 e. The molecule has 5 heteroatoms. The van der Waals surface area contributed by atoms with E-state index in [1.807, 2.05) is 0 Å². The topological polar surface area (TPSA) is 17.1 Å². The smallest absolute Gasteiger partial charge is 0.294 e. The highest BCUT2D eigenvalue weighted by Crippen LogP contribution is 2.35. The molecule has 17 heavy (non-hydrogen) atoms. The Balaban J connectivity index is 3.35. The van der Waals surface area contributed by atoms with E-state index < -0.39 is 34.8 Å². The fourth-order valence-electron chi connectivity index (χ4n) is 1.47. The lowest BCUT2D eigenvalue weighted by molar-refractivity contribution is -0.140. The van der Waals surface area contributed by atoms with Gasteiger partial charge in [-0.15, -0.1) is 0 Å². The first kappa shape index (κ1) is 13.7. The lowest BCUT2D eigenvalue weighted by atomic mass is 9.93. The SMILES string of the molecule is CCC(C)C(=O)c1cccc(F)c1C(F)(F)F. The fourth-order valence-corrected chi connectivity index (χ4v) is 1.47. The molecule has 1 rings (SSSR count). The average Bonchev–Trinajstić information content (AvgIpc) is 2.24. The summed E-state index contributed by atoms with van der Waals surface area (Å²) in [5.74, 6) is -2.65. The summed E-state index contributed by atoms with van der Waals surface area (Å²) in [6.07, 6.45) is -4.45. The van der Waals surface area contributed by atoms with Crippen molar-refractivity contribution >= 4 is 5.78 Å². The minimum Gasteiger partial charge on any atom is -0.294 e. The molecule has 94 valence electrons. The summed E-state index contributed by atoms with van der Waals surface area (Å²) in [6, 6.07) is 2.83. The van der Waals surface area contributed by atoms with E-state index in [1.165, 1.54) is 6.92 Å². The van der Waals surface area contributed by atoms with E-state index in [0.717, 1.165) is 12.1 Å². The molecule has 1 atom stereocenters. The summed E-state index contributed by atoms with van der Waals surface area (Å²) in [4.78, 5) is 11.7. The van der Waals surface area contributed by atoms with Gasteiger partial charge in [0.1, 0.15) is 11.4 Å². The maximum absolute atomic E-state index is 13.2. The van der Waals surface area contributed by atoms with Gasteiger partial charge in [0.25, 0.3) is 0 Å². The highest BCUT2D eigenvalue weighted by Gasteiger charge is 2.38. The molecule has 0 bridgehead atoms. The van der Waals surface area contributed by atoms with E-state index in [4.69, 9.17) is 0 Å². The quantitative estimate of drug-likeness (QED) is 0.582. The standard InChI is InChI=1S/C12H12F4O/c1-3-7(2)11(17)8-5-4-6-9(13)10(8)12(14,15)16/h4-7H,3H2,1-2H3. The second kappa shape index (κ2) is 4.85. The number of rotatable bonds is 3. The van der Waals surface area contributed by atoms with Crippen LogP contribution in [0.1, 0.15) is 36.2 Å². The molecule has 0 saturated heterocycles. The molecule has 1 unspecified atom stereocenters. The van der Waals surface area contributed by atoms with Gasteiger partial charge in [-0.2, -0.15) is 13.2 Å². The normalized spacial score (nSPS) is 13.5. The van der Waals surface area contributed by atoms with Crippen LogP contribution in [0.2, 0.25) is 0 Å². The Morgan fingerprint density at radius 1 is 1.35 bits per heavy atom. The molecule has 0 amide bonds. The maximum atomic E-state index is 13.2. The van der Waals surface area contributed by atoms with Gasteiger partial charge in [0.2, 0.25) is 0 Å². The number of benzene rings is 1. The molecule has 0 radical (unpaired) electrons. The lowest BCUT2D eigenvalue weighted by Crippen LogP contribution is -2.19. The molecule has 0 fully saturated rings. The van der Waals surface area contributed by atoms with Crippen molar-refractivity contribution in [2.45, 2.75) is 26.4 Å². The number of Topliss-reactive ketones (excluding diaryl/α,β-unsaturated/α-hetero) is 1. The molecule has 1 aromatic carbocycles. The van der Waals surface area contributed by atoms with Gasteiger partial charge in [-0.05, 0) is 12.5 Å². The van der Waals surface area contributed by atoms with Crippen molar-refractivity contribution in [3.63, 3.8) is 0 Å². The Bertz CT molecular complexity index is 423. The van der Waals surface area contributed by atoms with Gasteiger partial charge >= 0.3 is 6.18 Å². The molecule has 0 saturated carbocycles. The third-order valence-electron chi connectivity index (χ3n) is 2.62. The number of hydrogen-bond donors (Lipinski definition) is 0. The molecule has 0 spiro atoms. The summed E-state index contributed by atoms with van der Waals surface area (Å²) in [6.45, 7) is 3.21. The van der Waals surface area contributed by atoms with E-state index in [0.29, 0.717) is 12.5 Å². The van der Waals surface area contributed by atoms with Crippen molar-refractivity contribution in [1.29, 1.82) is 0 Å². The van der Waals surface area contributed by atoms with E-state index in [-0.39, 0.29) is 0 Å². The first-order valence-electron chi connectivity index (χ1n) is 5.19. The Hall–Kier alpha value is -1.39. The number of halogens is 4. The Labute approximate surface area is 96.4 Å². The van der Waals surface area contributed by atoms with Crippen molar-refractivity contribution < 1.29 is 22.4 Å². The van der Waals surface area contributed by atoms with Crippen LogP contribution in [0.25, 0.3) is 0 Å². The zero-order valence-electron chi connectivity index (χ0n) is 9.44. The summed E-state index contributed by atoms with van der Waals surface area (Å²) in [7, 11) is 0. The molecule has 1 aromatic rings. The molecule has 0 aliphatic carbocycles. The van der Waals surface area contributed by atoms with Gasteiger partial charge < -0.3 is 0 Å². The van der Waals surface area contributed by atoms with Crippen molar-refractivity contribution in [3.05, 3.63) is 35.1 Å². The zero-order chi connectivity index (χ0) is 13.2. The fraction of sp³-hybridized carbons (Fsp3) is 0.417. The van der Waals surface area contributed by atoms with Crippen LogP contribution in [-0.4, -0.2) is 5.78 Å². The summed E-state index contributed by atoms with van der Waals surface area (Å²) >= 11 is 0. The van der Waals surface area contributed by atoms with Crippen molar-refractivity contribution in [2.75, 3.05) is 0 Å². The molecular formula is C12H12F4O. The van der Waals surface area contributed by atoms with Crippen LogP contribution in [0, 0.1) is 11.7 Å². The van der Waals surface area contributed by atoms with Crippen LogP contribution in [0.5, 0.6) is 0 Å². The van der Waals surface area contributed by atoms with E-state index in [9.17, 15) is 22.4 Å². The highest BCUT2D eigenvalue weighted by molar-refractivity contribution is 5.99. The van der Waals surface area contributed by atoms with Gasteiger partial charge in [-0.25, -0.2) is 4.39 Å². The van der Waals surface area contributed by atoms with E-state index in [2.05, 4.69) is 0 Å². The molecule has 1 nitrogen and oxygen atoms in total. The summed E-state index contributed by atoms with van der Waals surface area (Å²) < 4.78 is 51.1. The third kappa shape index (κ3) is 2.84. The molecule has 0 aliphatic heterocycles. The van der Waals surface area contributed by atoms with Crippen molar-refractivity contribution in [1.82, 2.24) is 0 Å². The van der Waals surface area contributed by atoms with Gasteiger partial charge in [0.15, 0.2) is 5.78 Å². The van der Waals surface area contributed by atoms with Crippen molar-refractivity contribution in [3.8, 4) is 0 Å². The Kier molecular flexibility index (Phi) is 3.91. The second-order valence-corrected chi connectivity index (χ2v) is 3.83. The van der Waals surface area contributed by atoms with Gasteiger partial charge in [0.05, 0.1) is 0 Å². The highest BCUT2D eigenvalue weighted by atomic mass is 19.4. The molecule has 0 aromatic heterocycles. The summed E-state index contributed by atoms with van der Waals surface area (Å²) in [5.41, 5.74) is -2.06. The number of hydrogen-bond acceptors (Lipinski definition) is 1. The first-order valence-corrected chi connectivity index (χ1v) is 5.19. The number of alkyl halides is 3. The number of carbonyl (C=O) groups is 1. The predicted molar refractivity (Wildman–Crippen MR) is 55.2 cm³/mol. The average molecular weight is 248 g/mol. The van der Waals surface area contributed by atoms with Crippen LogP contribution >= 0.6 is 0 Å². The summed E-state index contributed by atoms with van der Waals surface area (Å²) in [5, 5.41) is 0. The minimum absolute atomic E-state index is 0.409. The first-order chi connectivity index (χ1) is 7.79. The van der Waals surface area contributed by atoms with Crippen LogP contribution < -0.4 is 0 Å². The number of ketones is 1. The van der Waals surface area contributed by atoms with Gasteiger partial charge in [-0.1, -0.05) is 26.0 Å². The second-order valence-electron chi connectivity index (χ2n) is 3.83. The van der Waals surface area contributed by atoms with Gasteiger partial charge in [-0.3, -0.25) is 4.79 Å². The Morgan fingerprint density at radius 3 is 2.41 bits per heavy atom. The zero-order valence-corrected chi connectivity index (χ0v) is 9.44.